The fraction of sp³-hybridized carbons (Fsp3) is 0.421. The lowest BCUT2D eigenvalue weighted by Gasteiger charge is -2.31. The maximum atomic E-state index is 15.6. The molecular weight excluding hydrogens is 1020 g/mol. The van der Waals surface area contributed by atoms with Crippen molar-refractivity contribution in [3.8, 4) is 28.7 Å². The van der Waals surface area contributed by atoms with E-state index in [1.54, 1.807) is 6.07 Å². The zero-order chi connectivity index (χ0) is 58.5. The summed E-state index contributed by atoms with van der Waals surface area (Å²) in [5.74, 6) is 3.63. The molecular formula is C76H93NO6. The molecule has 6 aromatic carbocycles. The molecule has 0 saturated heterocycles. The Morgan fingerprint density at radius 3 is 1.82 bits per heavy atom. The number of phenolic OH excluding ortho intramolecular Hbond substituents is 1. The Bertz CT molecular complexity index is 3170. The molecule has 7 heteroatoms. The van der Waals surface area contributed by atoms with Crippen LogP contribution in [0, 0.1) is 5.92 Å². The maximum absolute atomic E-state index is 15.6. The monoisotopic (exact) mass is 1120 g/mol. The first kappa shape index (κ1) is 61.9. The summed E-state index contributed by atoms with van der Waals surface area (Å²) in [7, 11) is 0. The van der Waals surface area contributed by atoms with Crippen LogP contribution in [0.3, 0.4) is 0 Å². The summed E-state index contributed by atoms with van der Waals surface area (Å²) in [5.41, 5.74) is 12.7. The first-order chi connectivity index (χ1) is 40.5. The van der Waals surface area contributed by atoms with Gasteiger partial charge in [-0.1, -0.05) is 216 Å². The number of hydrogen-bond donors (Lipinski definition) is 2. The molecule has 0 bridgehead atoms. The van der Waals surface area contributed by atoms with Crippen LogP contribution in [0.1, 0.15) is 217 Å². The number of hydrogen-bond acceptors (Lipinski definition) is 6. The number of carbonyl (C=O) groups is 2. The van der Waals surface area contributed by atoms with Gasteiger partial charge >= 0.3 is 0 Å². The van der Waals surface area contributed by atoms with Gasteiger partial charge in [0.25, 0.3) is 5.91 Å². The van der Waals surface area contributed by atoms with E-state index < -0.39 is 0 Å². The van der Waals surface area contributed by atoms with Gasteiger partial charge in [-0.15, -0.1) is 0 Å². The van der Waals surface area contributed by atoms with Crippen LogP contribution >= 0.6 is 0 Å². The van der Waals surface area contributed by atoms with Crippen LogP contribution in [0.15, 0.2) is 151 Å². The fourth-order valence-corrected chi connectivity index (χ4v) is 12.4. The van der Waals surface area contributed by atoms with Crippen molar-refractivity contribution in [2.75, 3.05) is 11.9 Å². The summed E-state index contributed by atoms with van der Waals surface area (Å²) < 4.78 is 21.6. The average molecular weight is 1120 g/mol. The highest BCUT2D eigenvalue weighted by Gasteiger charge is 2.34. The summed E-state index contributed by atoms with van der Waals surface area (Å²) in [4.78, 5) is 28.7. The van der Waals surface area contributed by atoms with Gasteiger partial charge in [-0.3, -0.25) is 9.59 Å². The first-order valence-electron chi connectivity index (χ1n) is 31.7. The molecule has 438 valence electrons. The van der Waals surface area contributed by atoms with Crippen LogP contribution in [-0.4, -0.2) is 23.9 Å². The van der Waals surface area contributed by atoms with Crippen molar-refractivity contribution in [1.29, 1.82) is 0 Å². The molecule has 2 aliphatic rings. The number of ether oxygens (including phenoxy) is 3. The van der Waals surface area contributed by atoms with Gasteiger partial charge in [0, 0.05) is 40.3 Å². The van der Waals surface area contributed by atoms with E-state index in [-0.39, 0.29) is 23.7 Å². The van der Waals surface area contributed by atoms with Crippen LogP contribution in [0.4, 0.5) is 5.69 Å². The lowest BCUT2D eigenvalue weighted by atomic mass is 9.77. The Labute approximate surface area is 497 Å². The van der Waals surface area contributed by atoms with Crippen molar-refractivity contribution in [2.45, 2.75) is 195 Å². The van der Waals surface area contributed by atoms with Crippen LogP contribution in [0.5, 0.6) is 28.7 Å². The fourth-order valence-electron chi connectivity index (χ4n) is 12.4. The van der Waals surface area contributed by atoms with Crippen LogP contribution < -0.4 is 19.5 Å². The van der Waals surface area contributed by atoms with Gasteiger partial charge in [-0.2, -0.15) is 0 Å². The number of fused-ring (bicyclic) bond motifs is 4. The smallest absolute Gasteiger partial charge is 0.256 e. The lowest BCUT2D eigenvalue weighted by Crippen LogP contribution is -2.22. The zero-order valence-corrected chi connectivity index (χ0v) is 50.9. The number of aromatic hydroxyl groups is 1. The van der Waals surface area contributed by atoms with Crippen molar-refractivity contribution in [1.82, 2.24) is 0 Å². The Morgan fingerprint density at radius 2 is 1.20 bits per heavy atom. The highest BCUT2D eigenvalue weighted by Crippen LogP contribution is 2.48. The number of anilines is 1. The highest BCUT2D eigenvalue weighted by molar-refractivity contribution is 6.08. The minimum absolute atomic E-state index is 0.172. The molecule has 1 heterocycles. The Kier molecular flexibility index (Phi) is 23.5. The number of allylic oxidation sites excluding steroid dienone is 4. The standard InChI is InChI=1S/C76H93NO6/c1-8-62-65-48-49-81-68-45-30-26-39-58(68)36-22-18-14-11-12-16-19-23-37-59-40-27-31-46-69(59)82-71-50-61(52-78)55(6)56(7)73(71)74(65)72(51-66(62)76(80)77-75-63(53(2)3)42-33-43-64(75)54(4)5)83-70-47-32-28-41-60(70)38-24-20-15-10-9-13-17-21-34-57-35-25-29-44-67(57)79/h25-33,35,39-47,50-55,79H,7-24,34,36-38,48-49H2,1-6H3,(H,77,80). The van der Waals surface area contributed by atoms with Gasteiger partial charge in [-0.05, 0) is 156 Å². The second-order valence-electron chi connectivity index (χ2n) is 23.8. The summed E-state index contributed by atoms with van der Waals surface area (Å²) in [5, 5.41) is 13.7. The molecule has 0 radical (unpaired) electrons. The number of benzene rings is 6. The van der Waals surface area contributed by atoms with Gasteiger partial charge in [0.1, 0.15) is 40.8 Å². The van der Waals surface area contributed by atoms with Crippen molar-refractivity contribution >= 4 is 23.5 Å². The SMILES string of the molecule is C=C1C2=C(C=C(C=O)C1C)Oc1ccccc1CCCCCCCCCCc1ccccc1OCCc1c(CC)c(C(=O)Nc3c(C(C)C)cccc3C(C)C)cc(Oc3ccccc3CCCCCCCCCCc3ccccc3O)c12. The summed E-state index contributed by atoms with van der Waals surface area (Å²) in [6, 6.07) is 41.1. The third-order valence-electron chi connectivity index (χ3n) is 17.2. The Hall–Kier alpha value is -7.12. The topological polar surface area (TPSA) is 94.1 Å². The largest absolute Gasteiger partial charge is 0.508 e. The van der Waals surface area contributed by atoms with E-state index in [4.69, 9.17) is 20.8 Å². The second kappa shape index (κ2) is 31.5. The molecule has 2 N–H and O–H groups in total. The van der Waals surface area contributed by atoms with Crippen LogP contribution in [-0.2, 0) is 43.3 Å². The van der Waals surface area contributed by atoms with Gasteiger partial charge in [0.15, 0.2) is 0 Å². The molecule has 6 aromatic rings. The predicted octanol–water partition coefficient (Wildman–Crippen LogP) is 20.1. The van der Waals surface area contributed by atoms with Gasteiger partial charge < -0.3 is 24.6 Å². The van der Waals surface area contributed by atoms with E-state index in [9.17, 15) is 9.90 Å². The molecule has 83 heavy (non-hydrogen) atoms. The van der Waals surface area contributed by atoms with Crippen molar-refractivity contribution in [3.05, 3.63) is 207 Å². The number of aldehydes is 1. The summed E-state index contributed by atoms with van der Waals surface area (Å²) >= 11 is 0. The predicted molar refractivity (Wildman–Crippen MR) is 344 cm³/mol. The van der Waals surface area contributed by atoms with E-state index in [1.807, 2.05) is 55.5 Å². The first-order valence-corrected chi connectivity index (χ1v) is 31.7. The molecule has 1 aliphatic heterocycles. The summed E-state index contributed by atoms with van der Waals surface area (Å²) in [6.45, 7) is 18.0. The molecule has 8 rings (SSSR count). The van der Waals surface area contributed by atoms with E-state index in [0.29, 0.717) is 47.8 Å². The average Bonchev–Trinajstić information content (AvgIpc) is 3.15. The van der Waals surface area contributed by atoms with Gasteiger partial charge in [0.2, 0.25) is 0 Å². The maximum Gasteiger partial charge on any atom is 0.256 e. The quantitative estimate of drug-likeness (QED) is 0.0620. The van der Waals surface area contributed by atoms with Crippen LogP contribution in [0.2, 0.25) is 0 Å². The van der Waals surface area contributed by atoms with Gasteiger partial charge in [0.05, 0.1) is 6.61 Å². The van der Waals surface area contributed by atoms with Crippen molar-refractivity contribution in [3.63, 3.8) is 0 Å². The molecule has 0 fully saturated rings. The molecule has 1 unspecified atom stereocenters. The van der Waals surface area contributed by atoms with Crippen molar-refractivity contribution < 1.29 is 28.9 Å². The van der Waals surface area contributed by atoms with E-state index >= 15 is 4.79 Å². The number of unbranched alkanes of at least 4 members (excludes halogenated alkanes) is 7. The molecule has 0 aromatic heterocycles. The minimum atomic E-state index is -0.335. The molecule has 1 amide bonds. The number of amides is 1. The molecule has 0 spiro atoms. The Balaban J connectivity index is 1.23. The number of carbonyl (C=O) groups excluding carboxylic acids is 2. The zero-order valence-electron chi connectivity index (χ0n) is 50.9. The molecule has 0 saturated carbocycles. The number of aryl methyl sites for hydroxylation is 4. The van der Waals surface area contributed by atoms with Crippen molar-refractivity contribution in [2.24, 2.45) is 5.92 Å². The highest BCUT2D eigenvalue weighted by atomic mass is 16.5. The summed E-state index contributed by atoms with van der Waals surface area (Å²) in [6.07, 6.45) is 25.9. The normalized spacial score (nSPS) is 15.5. The minimum Gasteiger partial charge on any atom is -0.508 e. The second-order valence-corrected chi connectivity index (χ2v) is 23.8. The molecule has 1 atom stereocenters. The van der Waals surface area contributed by atoms with E-state index in [2.05, 4.69) is 113 Å². The number of rotatable bonds is 19. The number of nitrogens with one attached hydrogen (secondary N) is 1. The molecule has 1 aliphatic carbocycles. The van der Waals surface area contributed by atoms with Crippen LogP contribution in [0.25, 0.3) is 5.57 Å². The van der Waals surface area contributed by atoms with E-state index in [1.165, 1.54) is 56.9 Å². The lowest BCUT2D eigenvalue weighted by molar-refractivity contribution is -0.105. The molecule has 7 nitrogen and oxygen atoms in total. The third-order valence-corrected chi connectivity index (χ3v) is 17.2. The third kappa shape index (κ3) is 16.6. The Morgan fingerprint density at radius 1 is 0.663 bits per heavy atom. The number of para-hydroxylation sites is 5. The van der Waals surface area contributed by atoms with Gasteiger partial charge in [-0.25, -0.2) is 0 Å². The van der Waals surface area contributed by atoms with E-state index in [0.717, 1.165) is 162 Å². The number of phenols is 1.